The second-order valence-corrected chi connectivity index (χ2v) is 3.81. The molecule has 5 nitrogen and oxygen atoms in total. The summed E-state index contributed by atoms with van der Waals surface area (Å²) >= 11 is 0. The monoisotopic (exact) mass is 236 g/mol. The van der Waals surface area contributed by atoms with E-state index < -0.39 is 0 Å². The molecule has 0 aliphatic carbocycles. The molecule has 94 valence electrons. The highest BCUT2D eigenvalue weighted by atomic mass is 16.5. The molecule has 0 saturated carbocycles. The van der Waals surface area contributed by atoms with Gasteiger partial charge in [-0.2, -0.15) is 0 Å². The predicted molar refractivity (Wildman–Crippen MR) is 71.4 cm³/mol. The Balaban J connectivity index is 2.78. The number of rotatable bonds is 5. The maximum absolute atomic E-state index is 5.45. The number of aliphatic imine (C=N–C) groups is 1. The Kier molecular flexibility index (Phi) is 5.45. The maximum atomic E-state index is 5.45. The second-order valence-electron chi connectivity index (χ2n) is 3.81. The number of hydrogen-bond acceptors (Lipinski definition) is 4. The van der Waals surface area contributed by atoms with E-state index in [1.807, 2.05) is 43.3 Å². The second kappa shape index (κ2) is 6.88. The number of ether oxygens (including phenoxy) is 1. The van der Waals surface area contributed by atoms with Crippen molar-refractivity contribution in [1.82, 2.24) is 5.43 Å². The highest BCUT2D eigenvalue weighted by Crippen LogP contribution is 2.12. The number of nitrogens with two attached hydrogens (primary N) is 1. The summed E-state index contributed by atoms with van der Waals surface area (Å²) in [5.41, 5.74) is 4.71. The number of hydrazine groups is 1. The number of anilines is 1. The molecule has 1 aromatic carbocycles. The molecule has 0 unspecified atom stereocenters. The van der Waals surface area contributed by atoms with Crippen LogP contribution in [-0.4, -0.2) is 40.2 Å². The molecule has 0 aliphatic heterocycles. The summed E-state index contributed by atoms with van der Waals surface area (Å²) in [5.74, 6) is 6.13. The molecule has 0 amide bonds. The summed E-state index contributed by atoms with van der Waals surface area (Å²) in [6.45, 7) is 1.17. The van der Waals surface area contributed by atoms with Crippen LogP contribution in [0.1, 0.15) is 5.56 Å². The Bertz CT molecular complexity index is 359. The third kappa shape index (κ3) is 4.05. The van der Waals surface area contributed by atoms with Crippen LogP contribution < -0.4 is 16.2 Å². The molecule has 0 radical (unpaired) electrons. The van der Waals surface area contributed by atoms with Gasteiger partial charge in [0, 0.05) is 32.5 Å². The summed E-state index contributed by atoms with van der Waals surface area (Å²) in [6.07, 6.45) is 0. The molecule has 0 bridgehead atoms. The van der Waals surface area contributed by atoms with Crippen LogP contribution in [0.5, 0.6) is 0 Å². The molecule has 0 heterocycles. The molecule has 3 N–H and O–H groups in total. The summed E-state index contributed by atoms with van der Waals surface area (Å²) in [4.78, 5) is 6.36. The van der Waals surface area contributed by atoms with E-state index in [0.717, 1.165) is 11.3 Å². The lowest BCUT2D eigenvalue weighted by Gasteiger charge is -2.13. The van der Waals surface area contributed by atoms with Crippen LogP contribution in [0.15, 0.2) is 29.3 Å². The quantitative estimate of drug-likeness (QED) is 0.258. The van der Waals surface area contributed by atoms with Gasteiger partial charge in [-0.1, -0.05) is 0 Å². The Labute approximate surface area is 102 Å². The maximum Gasteiger partial charge on any atom is 0.142 e. The van der Waals surface area contributed by atoms with E-state index in [0.29, 0.717) is 19.0 Å². The zero-order valence-corrected chi connectivity index (χ0v) is 10.6. The molecule has 0 atom stereocenters. The fourth-order valence-corrected chi connectivity index (χ4v) is 1.39. The van der Waals surface area contributed by atoms with Crippen molar-refractivity contribution in [3.8, 4) is 0 Å². The molecule has 5 heteroatoms. The molecular weight excluding hydrogens is 216 g/mol. The zero-order valence-electron chi connectivity index (χ0n) is 10.6. The van der Waals surface area contributed by atoms with Crippen molar-refractivity contribution in [3.63, 3.8) is 0 Å². The van der Waals surface area contributed by atoms with Gasteiger partial charge in [0.15, 0.2) is 0 Å². The molecule has 17 heavy (non-hydrogen) atoms. The molecule has 0 spiro atoms. The predicted octanol–water partition coefficient (Wildman–Crippen LogP) is 0.609. The van der Waals surface area contributed by atoms with Gasteiger partial charge in [-0.25, -0.2) is 5.84 Å². The molecule has 0 aliphatic rings. The van der Waals surface area contributed by atoms with Gasteiger partial charge < -0.3 is 15.1 Å². The molecule has 0 saturated heterocycles. The van der Waals surface area contributed by atoms with Crippen molar-refractivity contribution in [1.29, 1.82) is 0 Å². The van der Waals surface area contributed by atoms with Crippen molar-refractivity contribution in [2.24, 2.45) is 10.8 Å². The van der Waals surface area contributed by atoms with E-state index in [2.05, 4.69) is 10.4 Å². The van der Waals surface area contributed by atoms with Gasteiger partial charge in [0.25, 0.3) is 0 Å². The fraction of sp³-hybridized carbons (Fsp3) is 0.417. The first-order valence-electron chi connectivity index (χ1n) is 5.46. The summed E-state index contributed by atoms with van der Waals surface area (Å²) in [6, 6.07) is 8.03. The van der Waals surface area contributed by atoms with Crippen LogP contribution in [0.3, 0.4) is 0 Å². The minimum absolute atomic E-state index is 0.584. The van der Waals surface area contributed by atoms with Crippen molar-refractivity contribution >= 4 is 11.5 Å². The number of benzene rings is 1. The zero-order chi connectivity index (χ0) is 12.7. The van der Waals surface area contributed by atoms with Gasteiger partial charge in [-0.15, -0.1) is 0 Å². The SMILES string of the molecule is COCCN=C(NN)c1ccc(N(C)C)cc1. The number of amidine groups is 1. The van der Waals surface area contributed by atoms with Crippen molar-refractivity contribution in [3.05, 3.63) is 29.8 Å². The first-order chi connectivity index (χ1) is 8.19. The molecule has 0 aromatic heterocycles. The smallest absolute Gasteiger partial charge is 0.142 e. The Morgan fingerprint density at radius 3 is 2.47 bits per heavy atom. The Morgan fingerprint density at radius 2 is 2.00 bits per heavy atom. The lowest BCUT2D eigenvalue weighted by Crippen LogP contribution is -2.31. The van der Waals surface area contributed by atoms with E-state index in [-0.39, 0.29) is 0 Å². The first-order valence-corrected chi connectivity index (χ1v) is 5.46. The number of methoxy groups -OCH3 is 1. The third-order valence-corrected chi connectivity index (χ3v) is 2.36. The standard InChI is InChI=1S/C12H20N4O/c1-16(2)11-6-4-10(5-7-11)12(15-13)14-8-9-17-3/h4-7H,8-9,13H2,1-3H3,(H,14,15). The van der Waals surface area contributed by atoms with Crippen molar-refractivity contribution in [2.75, 3.05) is 39.3 Å². The van der Waals surface area contributed by atoms with Gasteiger partial charge in [0.1, 0.15) is 5.84 Å². The number of nitrogens with one attached hydrogen (secondary N) is 1. The van der Waals surface area contributed by atoms with Gasteiger partial charge in [-0.05, 0) is 24.3 Å². The van der Waals surface area contributed by atoms with Crippen LogP contribution in [-0.2, 0) is 4.74 Å². The molecule has 0 fully saturated rings. The number of nitrogens with zero attached hydrogens (tertiary/aromatic N) is 2. The third-order valence-electron chi connectivity index (χ3n) is 2.36. The molecular formula is C12H20N4O. The average molecular weight is 236 g/mol. The topological polar surface area (TPSA) is 62.9 Å². The van der Waals surface area contributed by atoms with Gasteiger partial charge in [0.05, 0.1) is 13.2 Å². The normalized spacial score (nSPS) is 11.4. The van der Waals surface area contributed by atoms with E-state index in [9.17, 15) is 0 Å². The Hall–Kier alpha value is -1.59. The largest absolute Gasteiger partial charge is 0.383 e. The van der Waals surface area contributed by atoms with Crippen molar-refractivity contribution in [2.45, 2.75) is 0 Å². The lowest BCUT2D eigenvalue weighted by molar-refractivity contribution is 0.208. The van der Waals surface area contributed by atoms with Crippen LogP contribution in [0.25, 0.3) is 0 Å². The van der Waals surface area contributed by atoms with E-state index in [4.69, 9.17) is 10.6 Å². The first kappa shape index (κ1) is 13.5. The average Bonchev–Trinajstić information content (AvgIpc) is 2.35. The molecule has 1 rings (SSSR count). The van der Waals surface area contributed by atoms with Crippen LogP contribution >= 0.6 is 0 Å². The summed E-state index contributed by atoms with van der Waals surface area (Å²) in [7, 11) is 5.66. The molecule has 1 aromatic rings. The lowest BCUT2D eigenvalue weighted by atomic mass is 10.2. The van der Waals surface area contributed by atoms with Gasteiger partial charge >= 0.3 is 0 Å². The van der Waals surface area contributed by atoms with Gasteiger partial charge in [-0.3, -0.25) is 4.99 Å². The number of hydrogen-bond donors (Lipinski definition) is 2. The van der Waals surface area contributed by atoms with E-state index >= 15 is 0 Å². The van der Waals surface area contributed by atoms with Crippen LogP contribution in [0, 0.1) is 0 Å². The van der Waals surface area contributed by atoms with E-state index in [1.165, 1.54) is 0 Å². The minimum Gasteiger partial charge on any atom is -0.383 e. The minimum atomic E-state index is 0.584. The summed E-state index contributed by atoms with van der Waals surface area (Å²) < 4.78 is 4.94. The van der Waals surface area contributed by atoms with Crippen molar-refractivity contribution < 1.29 is 4.74 Å². The van der Waals surface area contributed by atoms with Crippen LogP contribution in [0.4, 0.5) is 5.69 Å². The highest BCUT2D eigenvalue weighted by molar-refractivity contribution is 5.98. The summed E-state index contributed by atoms with van der Waals surface area (Å²) in [5, 5.41) is 0. The van der Waals surface area contributed by atoms with Gasteiger partial charge in [0.2, 0.25) is 0 Å². The van der Waals surface area contributed by atoms with Crippen LogP contribution in [0.2, 0.25) is 0 Å². The Morgan fingerprint density at radius 1 is 1.35 bits per heavy atom. The fourth-order valence-electron chi connectivity index (χ4n) is 1.39. The highest BCUT2D eigenvalue weighted by Gasteiger charge is 2.02. The van der Waals surface area contributed by atoms with E-state index in [1.54, 1.807) is 7.11 Å².